The Bertz CT molecular complexity index is 333. The highest BCUT2D eigenvalue weighted by Crippen LogP contribution is 2.30. The summed E-state index contributed by atoms with van der Waals surface area (Å²) in [5.74, 6) is 0.104. The van der Waals surface area contributed by atoms with E-state index in [1.165, 1.54) is 7.11 Å². The Labute approximate surface area is 84.3 Å². The van der Waals surface area contributed by atoms with Crippen LogP contribution >= 0.6 is 11.6 Å². The molecular weight excluding hydrogens is 216 g/mol. The third kappa shape index (κ3) is 2.10. The fraction of sp³-hybridized carbons (Fsp3) is 0.375. The van der Waals surface area contributed by atoms with E-state index in [1.54, 1.807) is 0 Å². The van der Waals surface area contributed by atoms with E-state index in [1.807, 2.05) is 0 Å². The fourth-order valence-electron chi connectivity index (χ4n) is 0.965. The van der Waals surface area contributed by atoms with E-state index in [9.17, 15) is 8.78 Å². The Hall–Kier alpha value is -0.940. The van der Waals surface area contributed by atoms with Crippen LogP contribution in [-0.2, 0) is 6.61 Å². The van der Waals surface area contributed by atoms with Crippen molar-refractivity contribution in [1.82, 2.24) is 4.98 Å². The maximum atomic E-state index is 12.3. The number of aliphatic hydroxyl groups is 1. The predicted octanol–water partition coefficient (Wildman–Crippen LogP) is 2.17. The average molecular weight is 224 g/mol. The van der Waals surface area contributed by atoms with Crippen molar-refractivity contribution in [2.24, 2.45) is 0 Å². The molecule has 0 saturated heterocycles. The number of rotatable bonds is 3. The van der Waals surface area contributed by atoms with Crippen LogP contribution in [0.2, 0.25) is 5.15 Å². The standard InChI is InChI=1S/C8H8ClF2NO2/c1-14-6-2-4(8(10)11)7(9)12-5(6)3-13/h2,8,13H,3H2,1H3. The summed E-state index contributed by atoms with van der Waals surface area (Å²) >= 11 is 5.47. The monoisotopic (exact) mass is 223 g/mol. The zero-order valence-corrected chi connectivity index (χ0v) is 8.05. The van der Waals surface area contributed by atoms with Gasteiger partial charge in [-0.3, -0.25) is 0 Å². The highest BCUT2D eigenvalue weighted by molar-refractivity contribution is 6.30. The Morgan fingerprint density at radius 2 is 2.29 bits per heavy atom. The lowest BCUT2D eigenvalue weighted by Crippen LogP contribution is -1.99. The van der Waals surface area contributed by atoms with Crippen molar-refractivity contribution in [3.63, 3.8) is 0 Å². The molecule has 0 bridgehead atoms. The third-order valence-corrected chi connectivity index (χ3v) is 1.95. The number of ether oxygens (including phenoxy) is 1. The Morgan fingerprint density at radius 3 is 2.71 bits per heavy atom. The quantitative estimate of drug-likeness (QED) is 0.799. The summed E-state index contributed by atoms with van der Waals surface area (Å²) in [5, 5.41) is 8.50. The molecule has 0 saturated carbocycles. The highest BCUT2D eigenvalue weighted by Gasteiger charge is 2.17. The number of aromatic nitrogens is 1. The van der Waals surface area contributed by atoms with E-state index in [2.05, 4.69) is 4.98 Å². The minimum absolute atomic E-state index is 0.104. The molecule has 0 aromatic carbocycles. The normalized spacial score (nSPS) is 10.7. The van der Waals surface area contributed by atoms with Crippen molar-refractivity contribution in [1.29, 1.82) is 0 Å². The lowest BCUT2D eigenvalue weighted by Gasteiger charge is -2.09. The molecule has 0 aliphatic rings. The lowest BCUT2D eigenvalue weighted by atomic mass is 10.2. The molecule has 1 rings (SSSR count). The summed E-state index contributed by atoms with van der Waals surface area (Å²) in [7, 11) is 1.30. The van der Waals surface area contributed by atoms with Crippen molar-refractivity contribution >= 4 is 11.6 Å². The van der Waals surface area contributed by atoms with Crippen LogP contribution in [0.4, 0.5) is 8.78 Å². The molecule has 0 aliphatic carbocycles. The van der Waals surface area contributed by atoms with Crippen LogP contribution in [0, 0.1) is 0 Å². The smallest absolute Gasteiger partial charge is 0.266 e. The van der Waals surface area contributed by atoms with Crippen LogP contribution in [0.5, 0.6) is 5.75 Å². The Balaban J connectivity index is 3.23. The summed E-state index contributed by atoms with van der Waals surface area (Å²) in [6.45, 7) is -0.410. The molecule has 1 N–H and O–H groups in total. The van der Waals surface area contributed by atoms with E-state index in [-0.39, 0.29) is 16.6 Å². The molecule has 1 heterocycles. The van der Waals surface area contributed by atoms with Gasteiger partial charge >= 0.3 is 0 Å². The summed E-state index contributed by atoms with van der Waals surface area (Å²) < 4.78 is 29.4. The third-order valence-electron chi connectivity index (χ3n) is 1.65. The molecule has 0 spiro atoms. The zero-order chi connectivity index (χ0) is 10.7. The van der Waals surface area contributed by atoms with Gasteiger partial charge in [-0.2, -0.15) is 0 Å². The maximum Gasteiger partial charge on any atom is 0.266 e. The second-order valence-corrected chi connectivity index (χ2v) is 2.83. The van der Waals surface area contributed by atoms with Crippen molar-refractivity contribution in [3.8, 4) is 5.75 Å². The number of nitrogens with zero attached hydrogens (tertiary/aromatic N) is 1. The SMILES string of the molecule is COc1cc(C(F)F)c(Cl)nc1CO. The van der Waals surface area contributed by atoms with E-state index >= 15 is 0 Å². The first-order chi connectivity index (χ1) is 6.60. The molecule has 0 amide bonds. The summed E-state index contributed by atoms with van der Waals surface area (Å²) in [6, 6.07) is 1.07. The first-order valence-corrected chi connectivity index (χ1v) is 4.10. The number of hydrogen-bond acceptors (Lipinski definition) is 3. The molecule has 0 atom stereocenters. The molecule has 6 heteroatoms. The molecule has 0 unspecified atom stereocenters. The van der Waals surface area contributed by atoms with Gasteiger partial charge in [0.05, 0.1) is 19.3 Å². The second-order valence-electron chi connectivity index (χ2n) is 2.48. The molecule has 3 nitrogen and oxygen atoms in total. The van der Waals surface area contributed by atoms with E-state index in [4.69, 9.17) is 21.4 Å². The molecule has 0 radical (unpaired) electrons. The van der Waals surface area contributed by atoms with Gasteiger partial charge in [-0.15, -0.1) is 0 Å². The first kappa shape index (κ1) is 11.1. The Morgan fingerprint density at radius 1 is 1.64 bits per heavy atom. The molecule has 1 aromatic rings. The molecule has 0 fully saturated rings. The Kier molecular flexibility index (Phi) is 3.60. The summed E-state index contributed by atoms with van der Waals surface area (Å²) in [5.41, 5.74) is -0.261. The molecular formula is C8H8ClF2NO2. The maximum absolute atomic E-state index is 12.3. The molecule has 1 aromatic heterocycles. The van der Waals surface area contributed by atoms with Gasteiger partial charge in [-0.1, -0.05) is 11.6 Å². The van der Waals surface area contributed by atoms with Gasteiger partial charge in [-0.05, 0) is 6.07 Å². The average Bonchev–Trinajstić information content (AvgIpc) is 2.16. The van der Waals surface area contributed by atoms with Gasteiger partial charge in [0.25, 0.3) is 6.43 Å². The van der Waals surface area contributed by atoms with Crippen LogP contribution in [-0.4, -0.2) is 17.2 Å². The van der Waals surface area contributed by atoms with Crippen LogP contribution in [0.1, 0.15) is 17.7 Å². The minimum atomic E-state index is -2.71. The molecule has 0 aliphatic heterocycles. The number of halogens is 3. The van der Waals surface area contributed by atoms with Gasteiger partial charge in [0.15, 0.2) is 0 Å². The highest BCUT2D eigenvalue weighted by atomic mass is 35.5. The number of pyridine rings is 1. The summed E-state index contributed by atoms with van der Waals surface area (Å²) in [4.78, 5) is 3.59. The lowest BCUT2D eigenvalue weighted by molar-refractivity contribution is 0.150. The van der Waals surface area contributed by atoms with Gasteiger partial charge in [0.1, 0.15) is 16.6 Å². The van der Waals surface area contributed by atoms with E-state index in [0.717, 1.165) is 6.07 Å². The van der Waals surface area contributed by atoms with Gasteiger partial charge < -0.3 is 9.84 Å². The van der Waals surface area contributed by atoms with Gasteiger partial charge in [0.2, 0.25) is 0 Å². The van der Waals surface area contributed by atoms with Crippen LogP contribution in [0.25, 0.3) is 0 Å². The van der Waals surface area contributed by atoms with E-state index in [0.29, 0.717) is 0 Å². The summed E-state index contributed by atoms with van der Waals surface area (Å²) in [6.07, 6.45) is -2.71. The van der Waals surface area contributed by atoms with Crippen molar-refractivity contribution in [3.05, 3.63) is 22.5 Å². The first-order valence-electron chi connectivity index (χ1n) is 3.72. The van der Waals surface area contributed by atoms with Gasteiger partial charge in [0, 0.05) is 0 Å². The van der Waals surface area contributed by atoms with Crippen molar-refractivity contribution in [2.75, 3.05) is 7.11 Å². The van der Waals surface area contributed by atoms with E-state index < -0.39 is 18.6 Å². The van der Waals surface area contributed by atoms with Crippen molar-refractivity contribution in [2.45, 2.75) is 13.0 Å². The number of hydrogen-bond donors (Lipinski definition) is 1. The van der Waals surface area contributed by atoms with Crippen LogP contribution in [0.15, 0.2) is 6.07 Å². The largest absolute Gasteiger partial charge is 0.495 e. The molecule has 78 valence electrons. The number of methoxy groups -OCH3 is 1. The number of aliphatic hydroxyl groups excluding tert-OH is 1. The van der Waals surface area contributed by atoms with Crippen molar-refractivity contribution < 1.29 is 18.6 Å². The van der Waals surface area contributed by atoms with Crippen LogP contribution in [0.3, 0.4) is 0 Å². The molecule has 14 heavy (non-hydrogen) atoms. The zero-order valence-electron chi connectivity index (χ0n) is 7.30. The minimum Gasteiger partial charge on any atom is -0.495 e. The fourth-order valence-corrected chi connectivity index (χ4v) is 1.20. The van der Waals surface area contributed by atoms with Crippen LogP contribution < -0.4 is 4.74 Å². The predicted molar refractivity (Wildman–Crippen MR) is 46.7 cm³/mol. The second kappa shape index (κ2) is 4.52. The number of alkyl halides is 2. The van der Waals surface area contributed by atoms with Gasteiger partial charge in [-0.25, -0.2) is 13.8 Å². The topological polar surface area (TPSA) is 42.4 Å².